The summed E-state index contributed by atoms with van der Waals surface area (Å²) in [5, 5.41) is 3.59. The van der Waals surface area contributed by atoms with Crippen molar-refractivity contribution >= 4 is 0 Å². The van der Waals surface area contributed by atoms with Crippen molar-refractivity contribution in [2.45, 2.75) is 39.5 Å². The Labute approximate surface area is 98.0 Å². The molecule has 2 rings (SSSR count). The topological polar surface area (TPSA) is 21.3 Å². The smallest absolute Gasteiger partial charge is 0.134 e. The molecule has 1 saturated heterocycles. The van der Waals surface area contributed by atoms with E-state index in [0.29, 0.717) is 6.04 Å². The fourth-order valence-corrected chi connectivity index (χ4v) is 2.12. The van der Waals surface area contributed by atoms with Crippen LogP contribution in [0, 0.1) is 5.41 Å². The first kappa shape index (κ1) is 11.6. The largest absolute Gasteiger partial charge is 0.359 e. The summed E-state index contributed by atoms with van der Waals surface area (Å²) >= 11 is 0. The third-order valence-electron chi connectivity index (χ3n) is 3.19. The molecule has 2 atom stereocenters. The Morgan fingerprint density at radius 1 is 1.19 bits per heavy atom. The van der Waals surface area contributed by atoms with Crippen molar-refractivity contribution in [2.75, 3.05) is 6.61 Å². The molecule has 1 heterocycles. The van der Waals surface area contributed by atoms with Crippen LogP contribution in [0.15, 0.2) is 30.3 Å². The van der Waals surface area contributed by atoms with Crippen molar-refractivity contribution in [2.24, 2.45) is 5.41 Å². The molecule has 1 N–H and O–H groups in total. The van der Waals surface area contributed by atoms with Crippen LogP contribution in [-0.2, 0) is 4.74 Å². The molecule has 1 aliphatic heterocycles. The lowest BCUT2D eigenvalue weighted by Gasteiger charge is -2.39. The number of hydrogen-bond acceptors (Lipinski definition) is 2. The number of ether oxygens (including phenoxy) is 1. The van der Waals surface area contributed by atoms with Crippen molar-refractivity contribution in [3.8, 4) is 0 Å². The van der Waals surface area contributed by atoms with Crippen LogP contribution in [0.4, 0.5) is 0 Å². The van der Waals surface area contributed by atoms with E-state index in [1.165, 1.54) is 5.56 Å². The second-order valence-electron chi connectivity index (χ2n) is 5.54. The number of rotatable bonds is 1. The zero-order valence-electron chi connectivity index (χ0n) is 10.4. The van der Waals surface area contributed by atoms with Crippen LogP contribution in [0.2, 0.25) is 0 Å². The molecule has 2 heteroatoms. The molecule has 0 spiro atoms. The standard InChI is InChI=1S/C14H21NO/c1-14(2,3)12-9-10-16-13(15-12)11-7-5-4-6-8-11/h4-8,12-13,15H,9-10H2,1-3H3/t12-,13+/m1/s1. The first-order chi connectivity index (χ1) is 7.57. The van der Waals surface area contributed by atoms with Gasteiger partial charge < -0.3 is 4.74 Å². The van der Waals surface area contributed by atoms with Crippen molar-refractivity contribution < 1.29 is 4.74 Å². The van der Waals surface area contributed by atoms with Gasteiger partial charge in [-0.05, 0) is 17.4 Å². The van der Waals surface area contributed by atoms with Crippen molar-refractivity contribution in [3.63, 3.8) is 0 Å². The maximum atomic E-state index is 5.78. The lowest BCUT2D eigenvalue weighted by Crippen LogP contribution is -2.47. The summed E-state index contributed by atoms with van der Waals surface area (Å²) in [4.78, 5) is 0. The number of hydrogen-bond donors (Lipinski definition) is 1. The predicted molar refractivity (Wildman–Crippen MR) is 66.1 cm³/mol. The fourth-order valence-electron chi connectivity index (χ4n) is 2.12. The molecule has 1 aliphatic rings. The second-order valence-corrected chi connectivity index (χ2v) is 5.54. The summed E-state index contributed by atoms with van der Waals surface area (Å²) in [5.41, 5.74) is 1.51. The van der Waals surface area contributed by atoms with E-state index in [2.05, 4.69) is 50.4 Å². The molecule has 0 radical (unpaired) electrons. The molecule has 1 aromatic carbocycles. The highest BCUT2D eigenvalue weighted by Gasteiger charge is 2.30. The van der Waals surface area contributed by atoms with Crippen molar-refractivity contribution in [1.29, 1.82) is 0 Å². The highest BCUT2D eigenvalue weighted by molar-refractivity contribution is 5.17. The third-order valence-corrected chi connectivity index (χ3v) is 3.19. The first-order valence-electron chi connectivity index (χ1n) is 6.00. The fraction of sp³-hybridized carbons (Fsp3) is 0.571. The van der Waals surface area contributed by atoms with E-state index in [0.717, 1.165) is 13.0 Å². The van der Waals surface area contributed by atoms with Crippen molar-refractivity contribution in [1.82, 2.24) is 5.32 Å². The minimum absolute atomic E-state index is 0.0548. The molecule has 0 aliphatic carbocycles. The Morgan fingerprint density at radius 3 is 2.50 bits per heavy atom. The molecule has 0 aromatic heterocycles. The van der Waals surface area contributed by atoms with Crippen LogP contribution in [0.5, 0.6) is 0 Å². The Morgan fingerprint density at radius 2 is 1.88 bits per heavy atom. The summed E-state index contributed by atoms with van der Waals surface area (Å²) in [6, 6.07) is 10.9. The van der Waals surface area contributed by atoms with Gasteiger partial charge in [0.25, 0.3) is 0 Å². The van der Waals surface area contributed by atoms with Crippen LogP contribution < -0.4 is 5.32 Å². The maximum absolute atomic E-state index is 5.78. The van der Waals surface area contributed by atoms with Crippen LogP contribution >= 0.6 is 0 Å². The van der Waals surface area contributed by atoms with Gasteiger partial charge in [-0.25, -0.2) is 0 Å². The quantitative estimate of drug-likeness (QED) is 0.783. The van der Waals surface area contributed by atoms with Crippen LogP contribution in [-0.4, -0.2) is 12.6 Å². The molecule has 0 amide bonds. The Hall–Kier alpha value is -0.860. The Bertz CT molecular complexity index is 328. The minimum Gasteiger partial charge on any atom is -0.359 e. The van der Waals surface area contributed by atoms with E-state index in [-0.39, 0.29) is 11.6 Å². The molecule has 1 aromatic rings. The average Bonchev–Trinajstić information content (AvgIpc) is 2.29. The van der Waals surface area contributed by atoms with Crippen molar-refractivity contribution in [3.05, 3.63) is 35.9 Å². The van der Waals surface area contributed by atoms with Crippen LogP contribution in [0.3, 0.4) is 0 Å². The number of nitrogens with one attached hydrogen (secondary N) is 1. The predicted octanol–water partition coefficient (Wildman–Crippen LogP) is 3.11. The highest BCUT2D eigenvalue weighted by Crippen LogP contribution is 2.29. The van der Waals surface area contributed by atoms with Gasteiger partial charge in [0.1, 0.15) is 6.23 Å². The summed E-state index contributed by atoms with van der Waals surface area (Å²) in [5.74, 6) is 0. The highest BCUT2D eigenvalue weighted by atomic mass is 16.5. The van der Waals surface area contributed by atoms with E-state index in [1.807, 2.05) is 6.07 Å². The van der Waals surface area contributed by atoms with Gasteiger partial charge in [-0.2, -0.15) is 0 Å². The van der Waals surface area contributed by atoms with E-state index in [9.17, 15) is 0 Å². The second kappa shape index (κ2) is 4.56. The summed E-state index contributed by atoms with van der Waals surface area (Å²) in [7, 11) is 0. The van der Waals surface area contributed by atoms with Gasteiger partial charge >= 0.3 is 0 Å². The van der Waals surface area contributed by atoms with E-state index in [1.54, 1.807) is 0 Å². The van der Waals surface area contributed by atoms with Gasteiger partial charge in [-0.3, -0.25) is 5.32 Å². The SMILES string of the molecule is CC(C)(C)[C@H]1CCO[C@@H](c2ccccc2)N1. The summed E-state index contributed by atoms with van der Waals surface area (Å²) in [6.07, 6.45) is 1.14. The maximum Gasteiger partial charge on any atom is 0.134 e. The molecule has 0 bridgehead atoms. The Balaban J connectivity index is 2.08. The van der Waals surface area contributed by atoms with E-state index >= 15 is 0 Å². The minimum atomic E-state index is 0.0548. The zero-order chi connectivity index (χ0) is 11.6. The van der Waals surface area contributed by atoms with Gasteiger partial charge in [0.15, 0.2) is 0 Å². The van der Waals surface area contributed by atoms with Gasteiger partial charge in [0, 0.05) is 6.04 Å². The molecule has 1 fully saturated rings. The van der Waals surface area contributed by atoms with Gasteiger partial charge in [-0.15, -0.1) is 0 Å². The normalized spacial score (nSPS) is 26.7. The molecular formula is C14H21NO. The molecule has 16 heavy (non-hydrogen) atoms. The Kier molecular flexibility index (Phi) is 3.31. The van der Waals surface area contributed by atoms with Crippen LogP contribution in [0.25, 0.3) is 0 Å². The summed E-state index contributed by atoms with van der Waals surface area (Å²) in [6.45, 7) is 7.67. The zero-order valence-corrected chi connectivity index (χ0v) is 10.4. The van der Waals surface area contributed by atoms with Gasteiger partial charge in [-0.1, -0.05) is 51.1 Å². The van der Waals surface area contributed by atoms with Gasteiger partial charge in [0.2, 0.25) is 0 Å². The monoisotopic (exact) mass is 219 g/mol. The molecule has 2 nitrogen and oxygen atoms in total. The number of benzene rings is 1. The molecule has 0 unspecified atom stereocenters. The van der Waals surface area contributed by atoms with Crippen LogP contribution in [0.1, 0.15) is 39.0 Å². The average molecular weight is 219 g/mol. The molecule has 88 valence electrons. The van der Waals surface area contributed by atoms with E-state index < -0.39 is 0 Å². The summed E-state index contributed by atoms with van der Waals surface area (Å²) < 4.78 is 5.78. The lowest BCUT2D eigenvalue weighted by molar-refractivity contribution is -0.0400. The third kappa shape index (κ3) is 2.63. The van der Waals surface area contributed by atoms with Gasteiger partial charge in [0.05, 0.1) is 6.61 Å². The molecule has 0 saturated carbocycles. The lowest BCUT2D eigenvalue weighted by atomic mass is 9.84. The molecular weight excluding hydrogens is 198 g/mol. The first-order valence-corrected chi connectivity index (χ1v) is 6.00. The van der Waals surface area contributed by atoms with E-state index in [4.69, 9.17) is 4.74 Å².